The molecule has 1 heterocycles. The number of hydrogen-bond donors (Lipinski definition) is 0. The Labute approximate surface area is 266 Å². The summed E-state index contributed by atoms with van der Waals surface area (Å²) in [5.74, 6) is 2.89. The zero-order chi connectivity index (χ0) is 32.9. The van der Waals surface area contributed by atoms with Crippen LogP contribution in [0, 0.1) is 0 Å². The molecule has 240 valence electrons. The standard InChI is InChI=1S/C35H51FN2O4Si2/c1-34(2,3)43(9,10)41-30-19-15-26(23-32(30)39-7)13-17-28-25-29(38(37-28)22-21-36)18-14-27-16-20-31(33(24-27)40-8)42-44(11,12)35(4,5)6/h13-20,23-25H,21-22H2,1-12H3/b17-13+,18-14+. The smallest absolute Gasteiger partial charge is 0.250 e. The van der Waals surface area contributed by atoms with Gasteiger partial charge in [-0.05, 0) is 89.9 Å². The molecular weight excluding hydrogens is 588 g/mol. The Morgan fingerprint density at radius 1 is 0.682 bits per heavy atom. The van der Waals surface area contributed by atoms with E-state index in [9.17, 15) is 4.39 Å². The topological polar surface area (TPSA) is 54.7 Å². The number of rotatable bonds is 12. The molecular formula is C35H51FN2O4Si2. The number of benzene rings is 2. The van der Waals surface area contributed by atoms with E-state index in [4.69, 9.17) is 18.3 Å². The van der Waals surface area contributed by atoms with Gasteiger partial charge in [0.25, 0.3) is 16.6 Å². The number of aryl methyl sites for hydroxylation is 1. The van der Waals surface area contributed by atoms with Gasteiger partial charge in [0, 0.05) is 0 Å². The lowest BCUT2D eigenvalue weighted by atomic mass is 10.1. The van der Waals surface area contributed by atoms with Crippen molar-refractivity contribution in [2.45, 2.75) is 84.4 Å². The molecule has 0 unspecified atom stereocenters. The number of hydrogen-bond acceptors (Lipinski definition) is 5. The summed E-state index contributed by atoms with van der Waals surface area (Å²) in [5, 5.41) is 4.78. The van der Waals surface area contributed by atoms with Gasteiger partial charge in [0.2, 0.25) is 0 Å². The summed E-state index contributed by atoms with van der Waals surface area (Å²) in [6.45, 7) is 21.8. The fourth-order valence-corrected chi connectivity index (χ4v) is 5.94. The van der Waals surface area contributed by atoms with Crippen LogP contribution in [0.25, 0.3) is 24.3 Å². The second kappa shape index (κ2) is 13.8. The third-order valence-corrected chi connectivity index (χ3v) is 17.4. The highest BCUT2D eigenvalue weighted by atomic mass is 28.4. The van der Waals surface area contributed by atoms with Crippen molar-refractivity contribution < 1.29 is 22.7 Å². The number of ether oxygens (including phenoxy) is 2. The van der Waals surface area contributed by atoms with E-state index in [0.717, 1.165) is 34.0 Å². The second-order valence-electron chi connectivity index (χ2n) is 14.1. The van der Waals surface area contributed by atoms with Gasteiger partial charge in [0.1, 0.15) is 18.2 Å². The Bertz CT molecular complexity index is 1480. The Kier molecular flexibility index (Phi) is 11.0. The molecule has 0 saturated heterocycles. The maximum Gasteiger partial charge on any atom is 0.250 e. The van der Waals surface area contributed by atoms with Crippen molar-refractivity contribution in [3.05, 3.63) is 65.0 Å². The first-order chi connectivity index (χ1) is 20.4. The molecule has 2 aromatic carbocycles. The molecule has 0 atom stereocenters. The van der Waals surface area contributed by atoms with Gasteiger partial charge in [-0.2, -0.15) is 5.10 Å². The van der Waals surface area contributed by atoms with Crippen molar-refractivity contribution in [1.82, 2.24) is 9.78 Å². The number of halogens is 1. The summed E-state index contributed by atoms with van der Waals surface area (Å²) in [7, 11) is -0.718. The van der Waals surface area contributed by atoms with Gasteiger partial charge in [-0.25, -0.2) is 4.39 Å². The number of methoxy groups -OCH3 is 2. The summed E-state index contributed by atoms with van der Waals surface area (Å²) in [5.41, 5.74) is 3.43. The van der Waals surface area contributed by atoms with Gasteiger partial charge in [-0.1, -0.05) is 65.8 Å². The minimum atomic E-state index is -2.02. The van der Waals surface area contributed by atoms with Gasteiger partial charge in [-0.15, -0.1) is 0 Å². The third kappa shape index (κ3) is 8.66. The maximum absolute atomic E-state index is 13.4. The van der Waals surface area contributed by atoms with E-state index in [1.54, 1.807) is 18.9 Å². The Morgan fingerprint density at radius 2 is 1.14 bits per heavy atom. The highest BCUT2D eigenvalue weighted by molar-refractivity contribution is 6.75. The Balaban J connectivity index is 1.83. The highest BCUT2D eigenvalue weighted by Gasteiger charge is 2.40. The van der Waals surface area contributed by atoms with Crippen LogP contribution >= 0.6 is 0 Å². The largest absolute Gasteiger partial charge is 0.541 e. The Morgan fingerprint density at radius 3 is 1.55 bits per heavy atom. The van der Waals surface area contributed by atoms with Crippen molar-refractivity contribution in [2.75, 3.05) is 20.9 Å². The van der Waals surface area contributed by atoms with E-state index in [-0.39, 0.29) is 16.6 Å². The average molecular weight is 639 g/mol. The third-order valence-electron chi connectivity index (χ3n) is 8.74. The highest BCUT2D eigenvalue weighted by Crippen LogP contribution is 2.41. The molecule has 3 aromatic rings. The van der Waals surface area contributed by atoms with Crippen molar-refractivity contribution in [3.63, 3.8) is 0 Å². The van der Waals surface area contributed by atoms with Crippen LogP contribution in [0.2, 0.25) is 36.3 Å². The monoisotopic (exact) mass is 638 g/mol. The Hall–Kier alpha value is -3.31. The fraction of sp³-hybridized carbons (Fsp3) is 0.457. The van der Waals surface area contributed by atoms with Crippen LogP contribution in [0.1, 0.15) is 64.1 Å². The molecule has 3 rings (SSSR count). The molecule has 0 spiro atoms. The lowest BCUT2D eigenvalue weighted by Gasteiger charge is -2.36. The molecule has 1 aromatic heterocycles. The lowest BCUT2D eigenvalue weighted by Crippen LogP contribution is -2.43. The van der Waals surface area contributed by atoms with E-state index in [1.165, 1.54) is 0 Å². The molecule has 0 amide bonds. The predicted octanol–water partition coefficient (Wildman–Crippen LogP) is 9.98. The minimum absolute atomic E-state index is 0.0756. The van der Waals surface area contributed by atoms with Crippen LogP contribution in [-0.2, 0) is 6.54 Å². The first-order valence-electron chi connectivity index (χ1n) is 15.1. The summed E-state index contributed by atoms with van der Waals surface area (Å²) in [6, 6.07) is 13.8. The van der Waals surface area contributed by atoms with E-state index >= 15 is 0 Å². The zero-order valence-corrected chi connectivity index (χ0v) is 30.7. The summed E-state index contributed by atoms with van der Waals surface area (Å²) >= 11 is 0. The van der Waals surface area contributed by atoms with E-state index < -0.39 is 23.3 Å². The summed E-state index contributed by atoms with van der Waals surface area (Å²) < 4.78 is 39.4. The van der Waals surface area contributed by atoms with Gasteiger partial charge in [0.15, 0.2) is 11.5 Å². The van der Waals surface area contributed by atoms with Crippen LogP contribution in [-0.4, -0.2) is 47.3 Å². The number of alkyl halides is 1. The summed E-state index contributed by atoms with van der Waals surface area (Å²) in [4.78, 5) is 0. The molecule has 0 aliphatic heterocycles. The number of aromatic nitrogens is 2. The average Bonchev–Trinajstić information content (AvgIpc) is 3.31. The van der Waals surface area contributed by atoms with E-state index in [2.05, 4.69) is 72.8 Å². The first kappa shape index (κ1) is 35.2. The summed E-state index contributed by atoms with van der Waals surface area (Å²) in [6.07, 6.45) is 7.81. The molecule has 0 saturated carbocycles. The molecule has 0 aliphatic carbocycles. The lowest BCUT2D eigenvalue weighted by molar-refractivity contribution is 0.386. The van der Waals surface area contributed by atoms with Gasteiger partial charge in [0.05, 0.1) is 32.2 Å². The van der Waals surface area contributed by atoms with Crippen LogP contribution in [0.5, 0.6) is 23.0 Å². The predicted molar refractivity (Wildman–Crippen MR) is 188 cm³/mol. The van der Waals surface area contributed by atoms with Crippen molar-refractivity contribution in [1.29, 1.82) is 0 Å². The fourth-order valence-electron chi connectivity index (χ4n) is 3.89. The maximum atomic E-state index is 13.4. The van der Waals surface area contributed by atoms with Crippen LogP contribution in [0.4, 0.5) is 4.39 Å². The zero-order valence-electron chi connectivity index (χ0n) is 28.7. The molecule has 0 aliphatic rings. The minimum Gasteiger partial charge on any atom is -0.541 e. The molecule has 6 nitrogen and oxygen atoms in total. The van der Waals surface area contributed by atoms with Gasteiger partial charge >= 0.3 is 0 Å². The van der Waals surface area contributed by atoms with Crippen LogP contribution in [0.3, 0.4) is 0 Å². The van der Waals surface area contributed by atoms with E-state index in [0.29, 0.717) is 11.5 Å². The molecule has 0 fully saturated rings. The second-order valence-corrected chi connectivity index (χ2v) is 23.6. The quantitative estimate of drug-likeness (QED) is 0.185. The van der Waals surface area contributed by atoms with E-state index in [1.807, 2.05) is 66.8 Å². The van der Waals surface area contributed by atoms with Crippen LogP contribution < -0.4 is 18.3 Å². The molecule has 44 heavy (non-hydrogen) atoms. The van der Waals surface area contributed by atoms with Crippen molar-refractivity contribution >= 4 is 40.9 Å². The number of nitrogens with zero attached hydrogens (tertiary/aromatic N) is 2. The molecule has 0 radical (unpaired) electrons. The normalized spacial score (nSPS) is 13.1. The van der Waals surface area contributed by atoms with Crippen LogP contribution in [0.15, 0.2) is 42.5 Å². The van der Waals surface area contributed by atoms with Crippen molar-refractivity contribution in [3.8, 4) is 23.0 Å². The first-order valence-corrected chi connectivity index (χ1v) is 21.0. The SMILES string of the molecule is COc1cc(/C=C/c2cc(/C=C/c3ccc(O[Si](C)(C)C(C)(C)C)c(OC)c3)n(CCF)n2)ccc1O[Si](C)(C)C(C)(C)C. The van der Waals surface area contributed by atoms with Gasteiger partial charge in [-0.3, -0.25) is 4.68 Å². The molecule has 9 heteroatoms. The van der Waals surface area contributed by atoms with Gasteiger partial charge < -0.3 is 18.3 Å². The molecule has 0 bridgehead atoms. The van der Waals surface area contributed by atoms with Crippen molar-refractivity contribution in [2.24, 2.45) is 0 Å². The molecule has 0 N–H and O–H groups in total.